The number of benzene rings is 4. The molecule has 0 bridgehead atoms. The van der Waals surface area contributed by atoms with E-state index in [1.807, 2.05) is 6.92 Å². The molecule has 0 aliphatic carbocycles. The van der Waals surface area contributed by atoms with Gasteiger partial charge < -0.3 is 43.3 Å². The maximum Gasteiger partial charge on any atom is 0.337 e. The maximum absolute atomic E-state index is 13.4. The van der Waals surface area contributed by atoms with Crippen LogP contribution < -0.4 is 30.7 Å². The molecule has 5 aromatic rings. The maximum atomic E-state index is 13.4. The third-order valence-corrected chi connectivity index (χ3v) is 10.5. The summed E-state index contributed by atoms with van der Waals surface area (Å²) in [6.45, 7) is 4.16. The van der Waals surface area contributed by atoms with Crippen LogP contribution in [0.15, 0.2) is 82.0 Å². The first-order chi connectivity index (χ1) is 31.0. The molecule has 0 spiro atoms. The second-order valence-corrected chi connectivity index (χ2v) is 14.8. The van der Waals surface area contributed by atoms with Gasteiger partial charge in [-0.3, -0.25) is 34.2 Å². The molecule has 4 aromatic carbocycles. The molecule has 64 heavy (non-hydrogen) atoms. The summed E-state index contributed by atoms with van der Waals surface area (Å²) in [6, 6.07) is 18.0. The number of piperidine rings is 1. The van der Waals surface area contributed by atoms with Crippen LogP contribution in [-0.4, -0.2) is 107 Å². The van der Waals surface area contributed by atoms with Gasteiger partial charge in [0.25, 0.3) is 11.8 Å². The quantitative estimate of drug-likeness (QED) is 0.0429. The Bertz CT molecular complexity index is 2670. The molecule has 1 atom stereocenters. The highest BCUT2D eigenvalue weighted by Crippen LogP contribution is 2.38. The van der Waals surface area contributed by atoms with Gasteiger partial charge in [0, 0.05) is 35.4 Å². The van der Waals surface area contributed by atoms with Gasteiger partial charge in [-0.25, -0.2) is 4.79 Å². The molecule has 3 heterocycles. The smallest absolute Gasteiger partial charge is 0.337 e. The number of anilines is 1. The van der Waals surface area contributed by atoms with Crippen LogP contribution in [0.5, 0.6) is 17.2 Å². The number of nitrogen functional groups attached to an aromatic ring is 1. The van der Waals surface area contributed by atoms with Crippen molar-refractivity contribution in [3.05, 3.63) is 105 Å². The fourth-order valence-corrected chi connectivity index (χ4v) is 7.48. The van der Waals surface area contributed by atoms with Gasteiger partial charge in [0.05, 0.1) is 80.5 Å². The van der Waals surface area contributed by atoms with Crippen LogP contribution in [0.25, 0.3) is 33.4 Å². The second kappa shape index (κ2) is 20.6. The average molecular weight is 898 g/mol. The molecule has 18 heteroatoms. The molecular weight excluding hydrogens is 854 g/mol. The predicted octanol–water partition coefficient (Wildman–Crippen LogP) is 5.46. The lowest BCUT2D eigenvalue weighted by molar-refractivity contribution is -0.136. The second-order valence-electron chi connectivity index (χ2n) is 14.4. The number of ether oxygens (including phenoxy) is 7. The van der Waals surface area contributed by atoms with E-state index in [-0.39, 0.29) is 90.5 Å². The van der Waals surface area contributed by atoms with Gasteiger partial charge in [0.1, 0.15) is 47.8 Å². The molecule has 0 saturated carbocycles. The summed E-state index contributed by atoms with van der Waals surface area (Å²) in [4.78, 5) is 76.7. The van der Waals surface area contributed by atoms with Gasteiger partial charge in [-0.15, -0.1) is 0 Å². The molecule has 1 saturated heterocycles. The summed E-state index contributed by atoms with van der Waals surface area (Å²) >= 11 is 6.64. The third-order valence-electron chi connectivity index (χ3n) is 10.2. The summed E-state index contributed by atoms with van der Waals surface area (Å²) in [6.07, 6.45) is 0.0926. The number of nitrogens with two attached hydrogens (primary N) is 1. The highest BCUT2D eigenvalue weighted by atomic mass is 35.5. The molecule has 4 amide bonds. The summed E-state index contributed by atoms with van der Waals surface area (Å²) in [5.41, 5.74) is 8.44. The number of carbonyl (C=O) groups is 5. The molecule has 17 nitrogen and oxygen atoms in total. The Labute approximate surface area is 371 Å². The Morgan fingerprint density at radius 1 is 0.781 bits per heavy atom. The van der Waals surface area contributed by atoms with Crippen molar-refractivity contribution in [2.24, 2.45) is 0 Å². The first-order valence-electron chi connectivity index (χ1n) is 20.3. The number of hydrogen-bond acceptors (Lipinski definition) is 15. The van der Waals surface area contributed by atoms with Crippen molar-refractivity contribution < 1.29 is 61.5 Å². The molecule has 2 aliphatic rings. The summed E-state index contributed by atoms with van der Waals surface area (Å²) < 4.78 is 45.3. The van der Waals surface area contributed by atoms with Gasteiger partial charge in [-0.1, -0.05) is 17.7 Å². The first kappa shape index (κ1) is 45.2. The average Bonchev–Trinajstić information content (AvgIpc) is 3.53. The van der Waals surface area contributed by atoms with Gasteiger partial charge in [0.15, 0.2) is 5.43 Å². The zero-order valence-corrected chi connectivity index (χ0v) is 35.7. The van der Waals surface area contributed by atoms with Crippen LogP contribution in [0, 0.1) is 0 Å². The van der Waals surface area contributed by atoms with Crippen molar-refractivity contribution in [1.29, 1.82) is 0 Å². The van der Waals surface area contributed by atoms with Crippen molar-refractivity contribution in [1.82, 2.24) is 10.2 Å². The number of hydrogen-bond donors (Lipinski definition) is 2. The number of carbonyl (C=O) groups excluding carboxylic acids is 5. The normalized spacial score (nSPS) is 14.7. The van der Waals surface area contributed by atoms with E-state index in [4.69, 9.17) is 54.9 Å². The van der Waals surface area contributed by atoms with E-state index in [0.29, 0.717) is 65.3 Å². The van der Waals surface area contributed by atoms with E-state index >= 15 is 0 Å². The van der Waals surface area contributed by atoms with Gasteiger partial charge in [-0.05, 0) is 73.5 Å². The number of imide groups is 2. The minimum absolute atomic E-state index is 0.0305. The molecular formula is C46H44ClN3O14. The number of nitrogens with zero attached hydrogens (tertiary/aromatic N) is 1. The number of nitrogens with one attached hydrogen (secondary N) is 1. The lowest BCUT2D eigenvalue weighted by atomic mass is 9.99. The van der Waals surface area contributed by atoms with E-state index in [1.54, 1.807) is 54.6 Å². The zero-order chi connectivity index (χ0) is 45.3. The minimum atomic E-state index is -1.06. The van der Waals surface area contributed by atoms with E-state index in [9.17, 15) is 28.8 Å². The van der Waals surface area contributed by atoms with E-state index in [2.05, 4.69) is 5.32 Å². The lowest BCUT2D eigenvalue weighted by Crippen LogP contribution is -2.54. The highest BCUT2D eigenvalue weighted by molar-refractivity contribution is 6.33. The number of rotatable bonds is 20. The number of amides is 4. The molecule has 1 aromatic heterocycles. The predicted molar refractivity (Wildman–Crippen MR) is 232 cm³/mol. The standard InChI is InChI=1S/C46H44ClN3O14/c1-3-61-38-25-40-33(23-32(38)26-19-27(46(56)57-2)21-28(48)20-26)36(51)24-39(64-40)30-8-7-29(22-34(30)47)62-17-15-59-13-11-58-12-14-60-16-18-63-37-6-4-5-31-42(37)45(55)50(44(31)54)35-9-10-41(52)49-43(35)53/h4-8,19-25,35H,3,9-18,48H2,1-2H3,(H,49,52,53). The minimum Gasteiger partial charge on any atom is -0.493 e. The van der Waals surface area contributed by atoms with E-state index in [0.717, 1.165) is 4.90 Å². The molecule has 1 fully saturated rings. The Morgan fingerprint density at radius 3 is 2.19 bits per heavy atom. The van der Waals surface area contributed by atoms with Gasteiger partial charge in [0.2, 0.25) is 11.8 Å². The SMILES string of the molecule is CCOc1cc2oc(-c3ccc(OCCOCCOCCOCCOc4cccc5c4C(=O)N(C4CCC(=O)NC4=O)C5=O)cc3Cl)cc(=O)c2cc1-c1cc(N)cc(C(=O)OC)c1. The molecule has 2 aliphatic heterocycles. The Kier molecular flexibility index (Phi) is 14.6. The van der Waals surface area contributed by atoms with Crippen LogP contribution in [0.2, 0.25) is 5.02 Å². The van der Waals surface area contributed by atoms with Gasteiger partial charge in [-0.2, -0.15) is 0 Å². The van der Waals surface area contributed by atoms with Crippen LogP contribution in [0.1, 0.15) is 50.8 Å². The first-order valence-corrected chi connectivity index (χ1v) is 20.7. The molecule has 334 valence electrons. The van der Waals surface area contributed by atoms with Crippen LogP contribution in [0.4, 0.5) is 5.69 Å². The molecule has 7 rings (SSSR count). The van der Waals surface area contributed by atoms with Crippen LogP contribution >= 0.6 is 11.6 Å². The summed E-state index contributed by atoms with van der Waals surface area (Å²) in [5.74, 6) is -1.58. The van der Waals surface area contributed by atoms with E-state index in [1.165, 1.54) is 25.3 Å². The molecule has 0 radical (unpaired) electrons. The van der Waals surface area contributed by atoms with Crippen LogP contribution in [-0.2, 0) is 28.5 Å². The summed E-state index contributed by atoms with van der Waals surface area (Å²) in [5, 5.41) is 2.77. The molecule has 3 N–H and O–H groups in total. The van der Waals surface area contributed by atoms with Gasteiger partial charge >= 0.3 is 5.97 Å². The van der Waals surface area contributed by atoms with Crippen molar-refractivity contribution in [3.8, 4) is 39.7 Å². The number of methoxy groups -OCH3 is 1. The Balaban J connectivity index is 0.818. The van der Waals surface area contributed by atoms with Crippen molar-refractivity contribution in [3.63, 3.8) is 0 Å². The van der Waals surface area contributed by atoms with Crippen LogP contribution in [0.3, 0.4) is 0 Å². The Hall–Kier alpha value is -6.79. The largest absolute Gasteiger partial charge is 0.493 e. The third kappa shape index (κ3) is 10.2. The summed E-state index contributed by atoms with van der Waals surface area (Å²) in [7, 11) is 1.28. The monoisotopic (exact) mass is 897 g/mol. The van der Waals surface area contributed by atoms with Crippen molar-refractivity contribution >= 4 is 57.9 Å². The fraction of sp³-hybridized carbons (Fsp3) is 0.304. The van der Waals surface area contributed by atoms with Crippen molar-refractivity contribution in [2.45, 2.75) is 25.8 Å². The number of fused-ring (bicyclic) bond motifs is 2. The lowest BCUT2D eigenvalue weighted by Gasteiger charge is -2.27. The van der Waals surface area contributed by atoms with E-state index < -0.39 is 35.6 Å². The number of esters is 1. The highest BCUT2D eigenvalue weighted by Gasteiger charge is 2.46. The topological polar surface area (TPSA) is 221 Å². The number of halogens is 1. The molecule has 1 unspecified atom stereocenters. The van der Waals surface area contributed by atoms with Crippen molar-refractivity contribution in [2.75, 3.05) is 72.3 Å². The Morgan fingerprint density at radius 2 is 1.50 bits per heavy atom. The fourth-order valence-electron chi connectivity index (χ4n) is 7.22. The zero-order valence-electron chi connectivity index (χ0n) is 34.9.